The SMILES string of the molecule is COCCCc1nc(-c2ccc(NC(=O)N=C3SCC(=O)N3c3cc(OC)ccc3C(C)C)cc2)nn1-c1ccc(OC(F)(F)C(F)(F)F)cc1. The largest absolute Gasteiger partial charge is 0.499 e. The molecular weight excluding hydrogens is 699 g/mol. The number of aliphatic imine (C=N–C) groups is 1. The number of nitrogens with zero attached hydrogens (tertiary/aromatic N) is 5. The average Bonchev–Trinajstić information content (AvgIpc) is 3.67. The number of nitrogens with one attached hydrogen (secondary N) is 1. The van der Waals surface area contributed by atoms with Gasteiger partial charge in [-0.25, -0.2) is 14.5 Å². The molecule has 1 fully saturated rings. The van der Waals surface area contributed by atoms with E-state index in [1.54, 1.807) is 37.4 Å². The molecule has 2 heterocycles. The molecule has 1 aromatic heterocycles. The van der Waals surface area contributed by atoms with Crippen molar-refractivity contribution in [1.82, 2.24) is 14.8 Å². The van der Waals surface area contributed by atoms with E-state index in [1.165, 1.54) is 28.8 Å². The summed E-state index contributed by atoms with van der Waals surface area (Å²) in [6.07, 6.45) is -10.3. The number of benzene rings is 3. The van der Waals surface area contributed by atoms with E-state index in [4.69, 9.17) is 9.47 Å². The molecule has 270 valence electrons. The van der Waals surface area contributed by atoms with Crippen LogP contribution in [0.1, 0.15) is 37.6 Å². The normalized spacial score (nSPS) is 14.4. The molecule has 1 aliphatic rings. The number of halogens is 5. The second kappa shape index (κ2) is 15.5. The number of aromatic nitrogens is 3. The molecule has 0 aliphatic carbocycles. The summed E-state index contributed by atoms with van der Waals surface area (Å²) in [4.78, 5) is 36.2. The van der Waals surface area contributed by atoms with Crippen molar-refractivity contribution in [3.63, 3.8) is 0 Å². The fourth-order valence-corrected chi connectivity index (χ4v) is 5.88. The first kappa shape index (κ1) is 37.2. The number of hydrogen-bond donors (Lipinski definition) is 1. The number of rotatable bonds is 12. The summed E-state index contributed by atoms with van der Waals surface area (Å²) in [7, 11) is 3.07. The molecule has 5 rings (SSSR count). The Balaban J connectivity index is 1.34. The van der Waals surface area contributed by atoms with Crippen molar-refractivity contribution >= 4 is 40.2 Å². The topological polar surface area (TPSA) is 120 Å². The van der Waals surface area contributed by atoms with Gasteiger partial charge in [0.05, 0.1) is 24.2 Å². The maximum Gasteiger partial charge on any atom is 0.499 e. The first-order valence-electron chi connectivity index (χ1n) is 15.5. The zero-order valence-electron chi connectivity index (χ0n) is 27.8. The molecule has 1 saturated heterocycles. The van der Waals surface area contributed by atoms with Crippen LogP contribution in [0.4, 0.5) is 38.1 Å². The third-order valence-corrected chi connectivity index (χ3v) is 8.46. The van der Waals surface area contributed by atoms with E-state index >= 15 is 0 Å². The summed E-state index contributed by atoms with van der Waals surface area (Å²) in [6.45, 7) is 4.42. The van der Waals surface area contributed by atoms with Crippen LogP contribution in [0.5, 0.6) is 11.5 Å². The highest BCUT2D eigenvalue weighted by Crippen LogP contribution is 2.38. The predicted octanol–water partition coefficient (Wildman–Crippen LogP) is 7.85. The van der Waals surface area contributed by atoms with Crippen LogP contribution < -0.4 is 19.7 Å². The number of amidine groups is 1. The molecule has 3 aromatic carbocycles. The number of ether oxygens (including phenoxy) is 3. The number of methoxy groups -OCH3 is 2. The second-order valence-corrected chi connectivity index (χ2v) is 12.4. The fraction of sp³-hybridized carbons (Fsp3) is 0.324. The van der Waals surface area contributed by atoms with E-state index in [0.717, 1.165) is 29.5 Å². The van der Waals surface area contributed by atoms with Crippen LogP contribution >= 0.6 is 11.8 Å². The molecule has 0 radical (unpaired) electrons. The van der Waals surface area contributed by atoms with Gasteiger partial charge in [0.15, 0.2) is 11.0 Å². The van der Waals surface area contributed by atoms with Crippen LogP contribution in [0, 0.1) is 0 Å². The molecule has 0 spiro atoms. The molecule has 1 N–H and O–H groups in total. The van der Waals surface area contributed by atoms with Gasteiger partial charge in [0.1, 0.15) is 17.3 Å². The van der Waals surface area contributed by atoms with E-state index in [-0.39, 0.29) is 22.7 Å². The van der Waals surface area contributed by atoms with Crippen LogP contribution in [0.3, 0.4) is 0 Å². The van der Waals surface area contributed by atoms with Gasteiger partial charge in [-0.05, 0) is 72.5 Å². The minimum atomic E-state index is -5.88. The number of amides is 3. The van der Waals surface area contributed by atoms with Gasteiger partial charge >= 0.3 is 18.3 Å². The number of urea groups is 1. The third-order valence-electron chi connectivity index (χ3n) is 7.54. The number of anilines is 2. The highest BCUT2D eigenvalue weighted by molar-refractivity contribution is 8.15. The quantitative estimate of drug-likeness (QED) is 0.116. The fourth-order valence-electron chi connectivity index (χ4n) is 5.03. The Bertz CT molecular complexity index is 1900. The van der Waals surface area contributed by atoms with E-state index < -0.39 is 24.1 Å². The lowest BCUT2D eigenvalue weighted by Gasteiger charge is -2.22. The van der Waals surface area contributed by atoms with E-state index in [0.29, 0.717) is 59.5 Å². The number of aryl methyl sites for hydroxylation is 1. The Morgan fingerprint density at radius 3 is 2.31 bits per heavy atom. The summed E-state index contributed by atoms with van der Waals surface area (Å²) in [5.41, 5.74) is 2.81. The van der Waals surface area contributed by atoms with E-state index in [1.807, 2.05) is 26.0 Å². The van der Waals surface area contributed by atoms with Gasteiger partial charge in [-0.1, -0.05) is 31.7 Å². The highest BCUT2D eigenvalue weighted by atomic mass is 32.2. The van der Waals surface area contributed by atoms with Crippen molar-refractivity contribution in [2.45, 2.75) is 44.9 Å². The summed E-state index contributed by atoms with van der Waals surface area (Å²) in [6, 6.07) is 15.9. The van der Waals surface area contributed by atoms with E-state index in [2.05, 4.69) is 25.1 Å². The molecule has 0 atom stereocenters. The van der Waals surface area contributed by atoms with Crippen molar-refractivity contribution in [1.29, 1.82) is 0 Å². The lowest BCUT2D eigenvalue weighted by Crippen LogP contribution is -2.41. The van der Waals surface area contributed by atoms with Gasteiger partial charge in [0.25, 0.3) is 0 Å². The Morgan fingerprint density at radius 1 is 1.00 bits per heavy atom. The molecule has 3 amide bonds. The first-order valence-corrected chi connectivity index (χ1v) is 16.5. The van der Waals surface area contributed by atoms with Crippen molar-refractivity contribution in [3.8, 4) is 28.6 Å². The molecule has 0 unspecified atom stereocenters. The van der Waals surface area contributed by atoms with Gasteiger partial charge in [-0.15, -0.1) is 5.10 Å². The summed E-state index contributed by atoms with van der Waals surface area (Å²) >= 11 is 1.15. The van der Waals surface area contributed by atoms with Crippen molar-refractivity contribution in [3.05, 3.63) is 78.1 Å². The second-order valence-electron chi connectivity index (χ2n) is 11.5. The molecule has 17 heteroatoms. The monoisotopic (exact) mass is 732 g/mol. The van der Waals surface area contributed by atoms with E-state index in [9.17, 15) is 31.5 Å². The summed E-state index contributed by atoms with van der Waals surface area (Å²) in [5.74, 6) is 0.638. The molecule has 4 aromatic rings. The Kier molecular flexibility index (Phi) is 11.3. The molecule has 0 saturated carbocycles. The number of thioether (sulfide) groups is 1. The standard InChI is InChI=1S/C34H33F5N6O5S/c1-20(2)26-16-15-25(49-4)18-27(26)44-29(46)19-51-32(44)42-31(47)40-22-9-7-21(8-10-22)30-41-28(6-5-17-48-3)45(43-30)23-11-13-24(14-12-23)50-34(38,39)33(35,36)37/h7-16,18,20H,5-6,17,19H2,1-4H3,(H,40,47). The molecule has 51 heavy (non-hydrogen) atoms. The minimum absolute atomic E-state index is 0.0860. The summed E-state index contributed by atoms with van der Waals surface area (Å²) < 4.78 is 80.3. The number of alkyl halides is 5. The number of hydrogen-bond acceptors (Lipinski definition) is 8. The average molecular weight is 733 g/mol. The number of carbonyl (C=O) groups excluding carboxylic acids is 2. The zero-order valence-corrected chi connectivity index (χ0v) is 28.6. The van der Waals surface area contributed by atoms with Gasteiger partial charge in [0, 0.05) is 37.5 Å². The van der Waals surface area contributed by atoms with Gasteiger partial charge < -0.3 is 19.5 Å². The minimum Gasteiger partial charge on any atom is -0.497 e. The smallest absolute Gasteiger partial charge is 0.497 e. The first-order chi connectivity index (χ1) is 24.2. The Morgan fingerprint density at radius 2 is 1.69 bits per heavy atom. The lowest BCUT2D eigenvalue weighted by molar-refractivity contribution is -0.360. The third kappa shape index (κ3) is 8.65. The zero-order chi connectivity index (χ0) is 36.9. The van der Waals surface area contributed by atoms with Crippen molar-refractivity contribution in [2.75, 3.05) is 36.8 Å². The molecule has 0 bridgehead atoms. The maximum absolute atomic E-state index is 13.4. The number of carbonyl (C=O) groups is 2. The van der Waals surface area contributed by atoms with Crippen LogP contribution in [0.15, 0.2) is 71.7 Å². The molecule has 1 aliphatic heterocycles. The van der Waals surface area contributed by atoms with Crippen LogP contribution in [-0.2, 0) is 16.0 Å². The van der Waals surface area contributed by atoms with Gasteiger partial charge in [-0.2, -0.15) is 26.9 Å². The van der Waals surface area contributed by atoms with Crippen LogP contribution in [-0.4, -0.2) is 70.7 Å². The lowest BCUT2D eigenvalue weighted by atomic mass is 10.00. The summed E-state index contributed by atoms with van der Waals surface area (Å²) in [5, 5.41) is 7.48. The van der Waals surface area contributed by atoms with Crippen molar-refractivity contribution in [2.24, 2.45) is 4.99 Å². The Hall–Kier alpha value is -5.03. The maximum atomic E-state index is 13.4. The van der Waals surface area contributed by atoms with Gasteiger partial charge in [-0.3, -0.25) is 9.69 Å². The Labute approximate surface area is 293 Å². The predicted molar refractivity (Wildman–Crippen MR) is 182 cm³/mol. The molecular formula is C34H33F5N6O5S. The van der Waals surface area contributed by atoms with Crippen LogP contribution in [0.25, 0.3) is 17.1 Å². The van der Waals surface area contributed by atoms with Gasteiger partial charge in [0.2, 0.25) is 5.91 Å². The molecule has 11 nitrogen and oxygen atoms in total. The van der Waals surface area contributed by atoms with Crippen LogP contribution in [0.2, 0.25) is 0 Å². The van der Waals surface area contributed by atoms with Crippen molar-refractivity contribution < 1.29 is 45.8 Å². The highest BCUT2D eigenvalue weighted by Gasteiger charge is 2.61.